The summed E-state index contributed by atoms with van der Waals surface area (Å²) in [6.45, 7) is 8.17. The van der Waals surface area contributed by atoms with Crippen molar-refractivity contribution >= 4 is 49.8 Å². The van der Waals surface area contributed by atoms with Gasteiger partial charge in [-0.2, -0.15) is 0 Å². The molecule has 0 radical (unpaired) electrons. The van der Waals surface area contributed by atoms with Crippen molar-refractivity contribution in [2.24, 2.45) is 5.92 Å². The highest BCUT2D eigenvalue weighted by Gasteiger charge is 2.25. The van der Waals surface area contributed by atoms with Gasteiger partial charge >= 0.3 is 0 Å². The zero-order valence-corrected chi connectivity index (χ0v) is 33.4. The molecule has 0 spiro atoms. The predicted octanol–water partition coefficient (Wildman–Crippen LogP) is 8.87. The van der Waals surface area contributed by atoms with Crippen LogP contribution in [0.15, 0.2) is 120 Å². The summed E-state index contributed by atoms with van der Waals surface area (Å²) in [5, 5.41) is 5.12. The van der Waals surface area contributed by atoms with Gasteiger partial charge in [0, 0.05) is 92.0 Å². The molecule has 1 aromatic heterocycles. The Hall–Kier alpha value is -5.33. The number of carbonyl (C=O) groups is 1. The zero-order chi connectivity index (χ0) is 39.4. The van der Waals surface area contributed by atoms with Gasteiger partial charge in [-0.3, -0.25) is 9.69 Å². The molecule has 2 saturated heterocycles. The van der Waals surface area contributed by atoms with E-state index in [2.05, 4.69) is 61.2 Å². The molecule has 12 heteroatoms. The summed E-state index contributed by atoms with van der Waals surface area (Å²) in [6.07, 6.45) is 3.85. The maximum atomic E-state index is 13.9. The van der Waals surface area contributed by atoms with E-state index >= 15 is 0 Å². The zero-order valence-electron chi connectivity index (χ0n) is 31.8. The fourth-order valence-electron chi connectivity index (χ4n) is 7.62. The molecule has 8 rings (SSSR count). The van der Waals surface area contributed by atoms with Gasteiger partial charge in [-0.05, 0) is 115 Å². The number of rotatable bonds is 12. The lowest BCUT2D eigenvalue weighted by Crippen LogP contribution is -2.46. The number of hydrogen-bond donors (Lipinski definition) is 3. The van der Waals surface area contributed by atoms with Crippen molar-refractivity contribution in [3.63, 3.8) is 0 Å². The molecule has 2 aliphatic rings. The molecule has 6 aromatic rings. The van der Waals surface area contributed by atoms with Gasteiger partial charge < -0.3 is 24.7 Å². The van der Waals surface area contributed by atoms with Crippen LogP contribution in [0.3, 0.4) is 0 Å². The van der Waals surface area contributed by atoms with E-state index in [1.807, 2.05) is 61.7 Å². The normalized spacial score (nSPS) is 15.4. The van der Waals surface area contributed by atoms with Crippen molar-refractivity contribution in [1.82, 2.24) is 14.6 Å². The molecule has 5 aromatic carbocycles. The lowest BCUT2D eigenvalue weighted by atomic mass is 9.99. The molecule has 0 aliphatic carbocycles. The number of H-pyrrole nitrogens is 1. The molecule has 57 heavy (non-hydrogen) atoms. The van der Waals surface area contributed by atoms with Gasteiger partial charge in [0.1, 0.15) is 11.5 Å². The molecular formula is C45H46ClN5O5S. The number of benzene rings is 5. The highest BCUT2D eigenvalue weighted by atomic mass is 35.5. The summed E-state index contributed by atoms with van der Waals surface area (Å²) in [5.74, 6) is 0.522. The van der Waals surface area contributed by atoms with E-state index in [1.165, 1.54) is 17.2 Å². The highest BCUT2D eigenvalue weighted by Crippen LogP contribution is 2.33. The molecule has 3 N–H and O–H groups in total. The summed E-state index contributed by atoms with van der Waals surface area (Å²) in [7, 11) is -4.20. The smallest absolute Gasteiger partial charge is 0.268 e. The van der Waals surface area contributed by atoms with Crippen molar-refractivity contribution < 1.29 is 22.7 Å². The van der Waals surface area contributed by atoms with Crippen molar-refractivity contribution in [3.05, 3.63) is 137 Å². The van der Waals surface area contributed by atoms with Crippen LogP contribution in [0.1, 0.15) is 34.3 Å². The molecule has 3 heterocycles. The molecule has 0 saturated carbocycles. The van der Waals surface area contributed by atoms with Crippen LogP contribution in [0, 0.1) is 12.8 Å². The fourth-order valence-corrected chi connectivity index (χ4v) is 8.80. The van der Waals surface area contributed by atoms with E-state index in [0.717, 1.165) is 98.7 Å². The van der Waals surface area contributed by atoms with Crippen LogP contribution < -0.4 is 19.7 Å². The van der Waals surface area contributed by atoms with Crippen molar-refractivity contribution in [1.29, 1.82) is 0 Å². The number of hydrogen-bond acceptors (Lipinski definition) is 8. The summed E-state index contributed by atoms with van der Waals surface area (Å²) < 4.78 is 41.4. The minimum atomic E-state index is -4.20. The largest absolute Gasteiger partial charge is 0.456 e. The van der Waals surface area contributed by atoms with Gasteiger partial charge in [0.05, 0.1) is 10.5 Å². The summed E-state index contributed by atoms with van der Waals surface area (Å²) in [5.41, 5.74) is 7.16. The number of nitrogens with one attached hydrogen (secondary N) is 3. The van der Waals surface area contributed by atoms with Gasteiger partial charge in [-0.15, -0.1) is 0 Å². The Labute approximate surface area is 338 Å². The Balaban J connectivity index is 0.984. The minimum Gasteiger partial charge on any atom is -0.456 e. The quantitative estimate of drug-likeness (QED) is 0.112. The number of carbonyl (C=O) groups excluding carboxylic acids is 1. The number of nitrogens with zero attached hydrogens (tertiary/aromatic N) is 2. The number of fused-ring (bicyclic) bond motifs is 1. The second kappa shape index (κ2) is 17.0. The van der Waals surface area contributed by atoms with E-state index < -0.39 is 15.9 Å². The first-order valence-corrected chi connectivity index (χ1v) is 21.2. The van der Waals surface area contributed by atoms with Crippen molar-refractivity contribution in [2.75, 3.05) is 56.2 Å². The summed E-state index contributed by atoms with van der Waals surface area (Å²) in [6, 6.07) is 34.2. The Morgan fingerprint density at radius 3 is 2.47 bits per heavy atom. The van der Waals surface area contributed by atoms with Gasteiger partial charge in [0.25, 0.3) is 15.9 Å². The molecule has 2 fully saturated rings. The number of piperazine rings is 1. The molecule has 0 atom stereocenters. The Morgan fingerprint density at radius 2 is 1.68 bits per heavy atom. The number of ether oxygens (including phenoxy) is 2. The average molecular weight is 804 g/mol. The maximum Gasteiger partial charge on any atom is 0.268 e. The summed E-state index contributed by atoms with van der Waals surface area (Å²) in [4.78, 5) is 21.8. The monoisotopic (exact) mass is 803 g/mol. The lowest BCUT2D eigenvalue weighted by molar-refractivity contribution is 0.0699. The van der Waals surface area contributed by atoms with E-state index in [0.29, 0.717) is 16.7 Å². The molecule has 294 valence electrons. The third kappa shape index (κ3) is 9.13. The molecular weight excluding hydrogens is 758 g/mol. The van der Waals surface area contributed by atoms with Gasteiger partial charge in [0.2, 0.25) is 0 Å². The van der Waals surface area contributed by atoms with Crippen LogP contribution in [0.5, 0.6) is 11.5 Å². The number of aromatic amines is 1. The first kappa shape index (κ1) is 38.5. The number of anilines is 2. The van der Waals surface area contributed by atoms with Gasteiger partial charge in [-0.25, -0.2) is 13.1 Å². The third-order valence-corrected chi connectivity index (χ3v) is 12.5. The Bertz CT molecular complexity index is 2470. The highest BCUT2D eigenvalue weighted by molar-refractivity contribution is 7.90. The van der Waals surface area contributed by atoms with Crippen molar-refractivity contribution in [3.8, 4) is 22.6 Å². The SMILES string of the molecule is Cc1cc(S(=O)(=O)NC(=O)c2ccc(N3CCN(Cc4ccccc4-c4ccc(Cl)cc4)CC3)cc2Oc2ccc3[nH]ccc3c2)ccc1NCC1CCOCC1. The van der Waals surface area contributed by atoms with Crippen LogP contribution in [-0.2, 0) is 21.3 Å². The fraction of sp³-hybridized carbons (Fsp3) is 0.267. The maximum absolute atomic E-state index is 13.9. The molecule has 0 bridgehead atoms. The minimum absolute atomic E-state index is 0.00984. The van der Waals surface area contributed by atoms with Gasteiger partial charge in [-0.1, -0.05) is 48.0 Å². The van der Waals surface area contributed by atoms with Crippen LogP contribution in [-0.4, -0.2) is 70.1 Å². The van der Waals surface area contributed by atoms with Crippen LogP contribution >= 0.6 is 11.6 Å². The number of aromatic nitrogens is 1. The van der Waals surface area contributed by atoms with E-state index in [-0.39, 0.29) is 16.2 Å². The second-order valence-corrected chi connectivity index (χ2v) is 16.9. The second-order valence-electron chi connectivity index (χ2n) is 14.8. The Morgan fingerprint density at radius 1 is 0.895 bits per heavy atom. The average Bonchev–Trinajstić information content (AvgIpc) is 3.70. The number of amides is 1. The first-order valence-electron chi connectivity index (χ1n) is 19.4. The van der Waals surface area contributed by atoms with Crippen molar-refractivity contribution in [2.45, 2.75) is 31.2 Å². The lowest BCUT2D eigenvalue weighted by Gasteiger charge is -2.36. The number of halogens is 1. The van der Waals surface area contributed by atoms with Crippen LogP contribution in [0.4, 0.5) is 11.4 Å². The molecule has 2 aliphatic heterocycles. The number of aryl methyl sites for hydroxylation is 1. The van der Waals surface area contributed by atoms with Gasteiger partial charge in [0.15, 0.2) is 0 Å². The third-order valence-electron chi connectivity index (χ3n) is 10.9. The summed E-state index contributed by atoms with van der Waals surface area (Å²) >= 11 is 6.16. The van der Waals surface area contributed by atoms with E-state index in [4.69, 9.17) is 21.1 Å². The van der Waals surface area contributed by atoms with Crippen LogP contribution in [0.25, 0.3) is 22.0 Å². The topological polar surface area (TPSA) is 116 Å². The standard InChI is InChI=1S/C45H46ClN5O5S/c1-31-26-39(12-15-42(31)48-29-32-17-24-55-25-18-32)57(53,54)49-45(52)41-13-10-37(28-44(41)56-38-11-14-43-34(27-38)16-19-47-43)51-22-20-50(21-23-51)30-35-4-2-3-5-40(35)33-6-8-36(46)9-7-33/h2-16,19,26-28,32,47-48H,17-18,20-25,29-30H2,1H3,(H,49,52). The van der Waals surface area contributed by atoms with Crippen LogP contribution in [0.2, 0.25) is 5.02 Å². The molecule has 10 nitrogen and oxygen atoms in total. The van der Waals surface area contributed by atoms with E-state index in [1.54, 1.807) is 18.2 Å². The molecule has 1 amide bonds. The van der Waals surface area contributed by atoms with E-state index in [9.17, 15) is 13.2 Å². The number of sulfonamides is 1. The first-order chi connectivity index (χ1) is 27.7. The Kier molecular flexibility index (Phi) is 11.5. The predicted molar refractivity (Wildman–Crippen MR) is 227 cm³/mol. The molecule has 0 unspecified atom stereocenters.